The minimum Gasteiger partial charge on any atom is -0.368 e. The Kier molecular flexibility index (Phi) is 5.41. The number of anilines is 1. The molecule has 0 aliphatic carbocycles. The minimum atomic E-state index is 0.192. The fourth-order valence-electron chi connectivity index (χ4n) is 4.69. The Morgan fingerprint density at radius 2 is 1.08 bits per heavy atom. The Hall–Kier alpha value is -4.48. The quantitative estimate of drug-likeness (QED) is 0.267. The molecule has 0 bridgehead atoms. The summed E-state index contributed by atoms with van der Waals surface area (Å²) >= 11 is 1.85. The minimum absolute atomic E-state index is 0.192. The van der Waals surface area contributed by atoms with Crippen molar-refractivity contribution in [2.75, 3.05) is 5.32 Å². The molecule has 5 aromatic carbocycles. The molecule has 6 aromatic rings. The lowest BCUT2D eigenvalue weighted by molar-refractivity contribution is 1.07. The van der Waals surface area contributed by atoms with E-state index in [-0.39, 0.29) is 5.37 Å². The highest BCUT2D eigenvalue weighted by Crippen LogP contribution is 2.49. The van der Waals surface area contributed by atoms with Crippen molar-refractivity contribution in [3.63, 3.8) is 0 Å². The third kappa shape index (κ3) is 4.13. The van der Waals surface area contributed by atoms with Crippen LogP contribution in [0.5, 0.6) is 0 Å². The molecular formula is C32H22N4S. The molecular weight excluding hydrogens is 472 g/mol. The number of thioether (sulfide) groups is 1. The highest BCUT2D eigenvalue weighted by atomic mass is 32.2. The van der Waals surface area contributed by atoms with Crippen LogP contribution in [0, 0.1) is 0 Å². The topological polar surface area (TPSA) is 50.7 Å². The summed E-state index contributed by atoms with van der Waals surface area (Å²) in [4.78, 5) is 15.9. The third-order valence-electron chi connectivity index (χ3n) is 6.56. The summed E-state index contributed by atoms with van der Waals surface area (Å²) in [6.07, 6.45) is 0. The molecule has 0 radical (unpaired) electrons. The maximum Gasteiger partial charge on any atom is 0.164 e. The molecule has 37 heavy (non-hydrogen) atoms. The van der Waals surface area contributed by atoms with Crippen molar-refractivity contribution in [3.05, 3.63) is 127 Å². The number of nitrogens with one attached hydrogen (secondary N) is 1. The van der Waals surface area contributed by atoms with Crippen LogP contribution in [0.15, 0.2) is 126 Å². The van der Waals surface area contributed by atoms with Crippen molar-refractivity contribution in [3.8, 4) is 34.2 Å². The summed E-state index contributed by atoms with van der Waals surface area (Å²) in [5.74, 6) is 2.00. The van der Waals surface area contributed by atoms with Gasteiger partial charge in [0, 0.05) is 27.0 Å². The molecule has 0 amide bonds. The van der Waals surface area contributed by atoms with Gasteiger partial charge in [-0.15, -0.1) is 0 Å². The fraction of sp³-hybridized carbons (Fsp3) is 0.0312. The highest BCUT2D eigenvalue weighted by Gasteiger charge is 2.25. The van der Waals surface area contributed by atoms with Crippen LogP contribution >= 0.6 is 11.8 Å². The lowest BCUT2D eigenvalue weighted by Gasteiger charge is -2.12. The third-order valence-corrected chi connectivity index (χ3v) is 7.78. The Morgan fingerprint density at radius 3 is 1.70 bits per heavy atom. The average Bonchev–Trinajstić information content (AvgIpc) is 3.43. The number of hydrogen-bond donors (Lipinski definition) is 1. The number of benzene rings is 5. The molecule has 0 saturated carbocycles. The van der Waals surface area contributed by atoms with Crippen molar-refractivity contribution in [1.29, 1.82) is 0 Å². The highest BCUT2D eigenvalue weighted by molar-refractivity contribution is 8.00. The number of aromatic nitrogens is 3. The van der Waals surface area contributed by atoms with Crippen LogP contribution in [0.1, 0.15) is 10.9 Å². The second-order valence-corrected chi connectivity index (χ2v) is 10.1. The summed E-state index contributed by atoms with van der Waals surface area (Å²) in [5.41, 5.74) is 5.33. The normalized spacial score (nSPS) is 14.3. The molecule has 1 aliphatic heterocycles. The van der Waals surface area contributed by atoms with Gasteiger partial charge in [-0.1, -0.05) is 121 Å². The van der Waals surface area contributed by atoms with Gasteiger partial charge in [-0.2, -0.15) is 0 Å². The van der Waals surface area contributed by atoms with Gasteiger partial charge >= 0.3 is 0 Å². The van der Waals surface area contributed by atoms with E-state index < -0.39 is 0 Å². The van der Waals surface area contributed by atoms with Crippen molar-refractivity contribution < 1.29 is 0 Å². The second kappa shape index (κ2) is 9.19. The predicted octanol–water partition coefficient (Wildman–Crippen LogP) is 8.24. The van der Waals surface area contributed by atoms with E-state index in [1.807, 2.05) is 72.4 Å². The Labute approximate surface area is 219 Å². The number of hydrogen-bond acceptors (Lipinski definition) is 5. The molecule has 0 fully saturated rings. The van der Waals surface area contributed by atoms with Gasteiger partial charge in [0.05, 0.1) is 5.69 Å². The van der Waals surface area contributed by atoms with Crippen molar-refractivity contribution in [2.24, 2.45) is 0 Å². The molecule has 5 heteroatoms. The molecule has 176 valence electrons. The molecule has 0 saturated heterocycles. The summed E-state index contributed by atoms with van der Waals surface area (Å²) in [6.45, 7) is 0. The van der Waals surface area contributed by atoms with Gasteiger partial charge in [-0.3, -0.25) is 0 Å². The van der Waals surface area contributed by atoms with Crippen LogP contribution in [0.25, 0.3) is 44.9 Å². The van der Waals surface area contributed by atoms with Gasteiger partial charge in [0.2, 0.25) is 0 Å². The summed E-state index contributed by atoms with van der Waals surface area (Å²) in [6, 6.07) is 41.6. The smallest absolute Gasteiger partial charge is 0.164 e. The van der Waals surface area contributed by atoms with Gasteiger partial charge in [0.15, 0.2) is 17.5 Å². The number of rotatable bonds is 4. The first-order valence-corrected chi connectivity index (χ1v) is 13.1. The Balaban J connectivity index is 1.36. The first-order chi connectivity index (χ1) is 18.3. The van der Waals surface area contributed by atoms with Crippen LogP contribution in [-0.2, 0) is 0 Å². The molecule has 4 nitrogen and oxygen atoms in total. The van der Waals surface area contributed by atoms with Gasteiger partial charge in [0.25, 0.3) is 0 Å². The zero-order valence-electron chi connectivity index (χ0n) is 19.9. The molecule has 7 rings (SSSR count). The van der Waals surface area contributed by atoms with Crippen LogP contribution in [-0.4, -0.2) is 15.0 Å². The van der Waals surface area contributed by atoms with E-state index in [9.17, 15) is 0 Å². The van der Waals surface area contributed by atoms with Gasteiger partial charge in [0.1, 0.15) is 5.37 Å². The van der Waals surface area contributed by atoms with E-state index in [0.29, 0.717) is 17.5 Å². The summed E-state index contributed by atoms with van der Waals surface area (Å²) < 4.78 is 0. The molecule has 1 unspecified atom stereocenters. The van der Waals surface area contributed by atoms with E-state index in [1.165, 1.54) is 26.9 Å². The van der Waals surface area contributed by atoms with E-state index in [2.05, 4.69) is 66.0 Å². The molecule has 1 aliphatic rings. The standard InChI is InChI=1S/C32H22N4S/c1-4-10-22(11-5-1)29-34-30(23-12-6-2-7-13-23)36-31(35-29)25-17-16-21-18-19-27-28(26(21)20-25)33-32(37-27)24-14-8-3-9-15-24/h1-20,32-33H. The zero-order chi connectivity index (χ0) is 24.6. The molecule has 1 aromatic heterocycles. The van der Waals surface area contributed by atoms with E-state index in [0.717, 1.165) is 16.7 Å². The largest absolute Gasteiger partial charge is 0.368 e. The van der Waals surface area contributed by atoms with Crippen molar-refractivity contribution in [1.82, 2.24) is 15.0 Å². The first kappa shape index (κ1) is 21.8. The second-order valence-electron chi connectivity index (χ2n) is 8.97. The van der Waals surface area contributed by atoms with Crippen molar-refractivity contribution in [2.45, 2.75) is 10.3 Å². The Bertz CT molecular complexity index is 1660. The molecule has 0 spiro atoms. The molecule has 2 heterocycles. The number of nitrogens with zero attached hydrogens (tertiary/aromatic N) is 3. The van der Waals surface area contributed by atoms with Crippen LogP contribution in [0.3, 0.4) is 0 Å². The van der Waals surface area contributed by atoms with Gasteiger partial charge < -0.3 is 5.32 Å². The van der Waals surface area contributed by atoms with E-state index in [4.69, 9.17) is 15.0 Å². The van der Waals surface area contributed by atoms with Gasteiger partial charge in [-0.25, -0.2) is 15.0 Å². The summed E-state index contributed by atoms with van der Waals surface area (Å²) in [5, 5.41) is 6.30. The summed E-state index contributed by atoms with van der Waals surface area (Å²) in [7, 11) is 0. The lowest BCUT2D eigenvalue weighted by Crippen LogP contribution is -2.01. The van der Waals surface area contributed by atoms with E-state index in [1.54, 1.807) is 0 Å². The van der Waals surface area contributed by atoms with Crippen LogP contribution in [0.2, 0.25) is 0 Å². The number of fused-ring (bicyclic) bond motifs is 3. The monoisotopic (exact) mass is 494 g/mol. The Morgan fingerprint density at radius 1 is 0.541 bits per heavy atom. The average molecular weight is 495 g/mol. The maximum absolute atomic E-state index is 4.91. The maximum atomic E-state index is 4.91. The first-order valence-electron chi connectivity index (χ1n) is 12.2. The lowest BCUT2D eigenvalue weighted by atomic mass is 10.0. The zero-order valence-corrected chi connectivity index (χ0v) is 20.7. The molecule has 1 N–H and O–H groups in total. The SMILES string of the molecule is c1ccc(-c2nc(-c3ccccc3)nc(-c3ccc4ccc5c(c4c3)NC(c3ccccc3)S5)n2)cc1. The van der Waals surface area contributed by atoms with E-state index >= 15 is 0 Å². The predicted molar refractivity (Wildman–Crippen MR) is 152 cm³/mol. The van der Waals surface area contributed by atoms with Gasteiger partial charge in [-0.05, 0) is 23.1 Å². The van der Waals surface area contributed by atoms with Crippen LogP contribution < -0.4 is 5.32 Å². The fourth-order valence-corrected chi connectivity index (χ4v) is 5.85. The van der Waals surface area contributed by atoms with Crippen molar-refractivity contribution >= 4 is 28.2 Å². The molecule has 1 atom stereocenters. The van der Waals surface area contributed by atoms with Crippen LogP contribution in [0.4, 0.5) is 5.69 Å².